The lowest BCUT2D eigenvalue weighted by atomic mass is 9.77. The highest BCUT2D eigenvalue weighted by molar-refractivity contribution is 5.62. The molecule has 5 aliphatic rings. The maximum absolute atomic E-state index is 6.15. The van der Waals surface area contributed by atoms with Gasteiger partial charge in [0.1, 0.15) is 11.5 Å². The summed E-state index contributed by atoms with van der Waals surface area (Å²) in [5, 5.41) is 0. The van der Waals surface area contributed by atoms with Gasteiger partial charge in [-0.1, -0.05) is 0 Å². The standard InChI is InChI=1S/C16H19NO/c1-11-8-13-2-3-15(18-16(13)9-11)14-10-17-6-4-12(14)5-7-17/h2-3,8-9,12,14H,4-7,10H2,1H3. The Hall–Kier alpha value is -1.28. The zero-order valence-electron chi connectivity index (χ0n) is 10.9. The third-order valence-electron chi connectivity index (χ3n) is 4.70. The predicted molar refractivity (Wildman–Crippen MR) is 72.0 cm³/mol. The van der Waals surface area contributed by atoms with E-state index in [1.54, 1.807) is 0 Å². The van der Waals surface area contributed by atoms with Crippen LogP contribution in [-0.2, 0) is 0 Å². The lowest BCUT2D eigenvalue weighted by molar-refractivity contribution is 0.0776. The highest BCUT2D eigenvalue weighted by Crippen LogP contribution is 2.40. The van der Waals surface area contributed by atoms with Crippen molar-refractivity contribution in [1.82, 2.24) is 4.90 Å². The van der Waals surface area contributed by atoms with Gasteiger partial charge in [0, 0.05) is 18.0 Å². The van der Waals surface area contributed by atoms with Crippen molar-refractivity contribution in [2.45, 2.75) is 25.7 Å². The molecule has 1 atom stereocenters. The van der Waals surface area contributed by atoms with Crippen LogP contribution in [0.25, 0.3) is 11.3 Å². The van der Waals surface area contributed by atoms with Crippen LogP contribution in [0.1, 0.15) is 30.1 Å². The fraction of sp³-hybridized carbons (Fsp3) is 0.500. The number of aryl methyl sites for hydroxylation is 1. The largest absolute Gasteiger partial charge is 0.461 e. The molecule has 1 unspecified atom stereocenters. The summed E-state index contributed by atoms with van der Waals surface area (Å²) in [6, 6.07) is 8.77. The van der Waals surface area contributed by atoms with Crippen LogP contribution < -0.4 is 0 Å². The molecule has 3 saturated heterocycles. The molecule has 2 nitrogen and oxygen atoms in total. The Morgan fingerprint density at radius 3 is 2.72 bits per heavy atom. The summed E-state index contributed by atoms with van der Waals surface area (Å²) in [5.41, 5.74) is 2.53. The molecule has 4 heterocycles. The number of hydrogen-bond acceptors (Lipinski definition) is 2. The zero-order chi connectivity index (χ0) is 12.1. The minimum Gasteiger partial charge on any atom is -0.461 e. The molecule has 0 radical (unpaired) electrons. The summed E-state index contributed by atoms with van der Waals surface area (Å²) in [4.78, 5) is 2.58. The van der Waals surface area contributed by atoms with E-state index < -0.39 is 0 Å². The molecule has 0 aromatic heterocycles. The minimum absolute atomic E-state index is 0.618. The SMILES string of the molecule is Cc1cc2ccc(C3CN4CCC3CC4)oc-2c1. The van der Waals surface area contributed by atoms with Crippen LogP contribution in [0.5, 0.6) is 0 Å². The molecule has 0 saturated carbocycles. The predicted octanol–water partition coefficient (Wildman–Crippen LogP) is 3.50. The van der Waals surface area contributed by atoms with Gasteiger partial charge < -0.3 is 9.32 Å². The van der Waals surface area contributed by atoms with Crippen LogP contribution in [0.4, 0.5) is 0 Å². The summed E-state index contributed by atoms with van der Waals surface area (Å²) >= 11 is 0. The minimum atomic E-state index is 0.618. The molecule has 94 valence electrons. The first-order valence-corrected chi connectivity index (χ1v) is 7.02. The average Bonchev–Trinajstić information content (AvgIpc) is 2.79. The average molecular weight is 241 g/mol. The van der Waals surface area contributed by atoms with Crippen LogP contribution in [-0.4, -0.2) is 24.5 Å². The van der Waals surface area contributed by atoms with Gasteiger partial charge in [-0.3, -0.25) is 0 Å². The summed E-state index contributed by atoms with van der Waals surface area (Å²) in [6.45, 7) is 5.90. The second-order valence-electron chi connectivity index (χ2n) is 5.93. The molecule has 2 heteroatoms. The quantitative estimate of drug-likeness (QED) is 0.759. The highest BCUT2D eigenvalue weighted by atomic mass is 16.3. The fourth-order valence-electron chi connectivity index (χ4n) is 3.69. The molecule has 5 rings (SSSR count). The third kappa shape index (κ3) is 1.59. The van der Waals surface area contributed by atoms with E-state index in [1.165, 1.54) is 49.4 Å². The smallest absolute Gasteiger partial charge is 0.134 e. The molecule has 0 aromatic rings. The molecule has 0 spiro atoms. The zero-order valence-corrected chi connectivity index (χ0v) is 10.9. The van der Waals surface area contributed by atoms with Gasteiger partial charge in [0.2, 0.25) is 0 Å². The van der Waals surface area contributed by atoms with Crippen molar-refractivity contribution in [3.63, 3.8) is 0 Å². The molecule has 4 aliphatic heterocycles. The van der Waals surface area contributed by atoms with Gasteiger partial charge in [-0.2, -0.15) is 0 Å². The van der Waals surface area contributed by atoms with Crippen molar-refractivity contribution in [3.05, 3.63) is 35.6 Å². The van der Waals surface area contributed by atoms with E-state index in [0.717, 1.165) is 11.7 Å². The number of piperidine rings is 3. The van der Waals surface area contributed by atoms with Gasteiger partial charge >= 0.3 is 0 Å². The first kappa shape index (κ1) is 10.6. The van der Waals surface area contributed by atoms with Gasteiger partial charge in [-0.05, 0) is 68.6 Å². The van der Waals surface area contributed by atoms with Crippen LogP contribution in [0.2, 0.25) is 0 Å². The molecule has 0 amide bonds. The summed E-state index contributed by atoms with van der Waals surface area (Å²) in [6.07, 6.45) is 2.69. The Balaban J connectivity index is 1.72. The summed E-state index contributed by atoms with van der Waals surface area (Å²) in [7, 11) is 0. The first-order valence-electron chi connectivity index (χ1n) is 7.02. The van der Waals surface area contributed by atoms with Gasteiger partial charge in [-0.25, -0.2) is 0 Å². The van der Waals surface area contributed by atoms with Gasteiger partial charge in [-0.15, -0.1) is 0 Å². The van der Waals surface area contributed by atoms with E-state index in [0.29, 0.717) is 5.92 Å². The number of rotatable bonds is 1. The molecule has 2 bridgehead atoms. The van der Waals surface area contributed by atoms with Crippen molar-refractivity contribution in [3.8, 4) is 11.3 Å². The van der Waals surface area contributed by atoms with Crippen molar-refractivity contribution in [2.75, 3.05) is 19.6 Å². The van der Waals surface area contributed by atoms with E-state index in [2.05, 4.69) is 36.1 Å². The van der Waals surface area contributed by atoms with Crippen LogP contribution in [0.15, 0.2) is 28.7 Å². The number of fused-ring (bicyclic) bond motifs is 4. The molecular weight excluding hydrogens is 222 g/mol. The molecule has 3 fully saturated rings. The van der Waals surface area contributed by atoms with E-state index in [1.807, 2.05) is 0 Å². The number of hydrogen-bond donors (Lipinski definition) is 0. The molecule has 0 N–H and O–H groups in total. The maximum Gasteiger partial charge on any atom is 0.134 e. The Bertz CT molecular complexity index is 536. The van der Waals surface area contributed by atoms with E-state index in [-0.39, 0.29) is 0 Å². The third-order valence-corrected chi connectivity index (χ3v) is 4.70. The summed E-state index contributed by atoms with van der Waals surface area (Å²) in [5.74, 6) is 3.71. The Morgan fingerprint density at radius 1 is 1.17 bits per heavy atom. The molecule has 18 heavy (non-hydrogen) atoms. The van der Waals surface area contributed by atoms with Crippen molar-refractivity contribution in [2.24, 2.45) is 5.92 Å². The molecule has 1 aliphatic carbocycles. The molecular formula is C16H19NO. The van der Waals surface area contributed by atoms with E-state index in [4.69, 9.17) is 4.42 Å². The normalized spacial score (nSPS) is 31.1. The van der Waals surface area contributed by atoms with E-state index >= 15 is 0 Å². The van der Waals surface area contributed by atoms with Crippen molar-refractivity contribution < 1.29 is 4.42 Å². The first-order chi connectivity index (χ1) is 8.79. The lowest BCUT2D eigenvalue weighted by Gasteiger charge is -2.44. The van der Waals surface area contributed by atoms with Gasteiger partial charge in [0.15, 0.2) is 0 Å². The van der Waals surface area contributed by atoms with Gasteiger partial charge in [0.25, 0.3) is 0 Å². The number of nitrogens with zero attached hydrogens (tertiary/aromatic N) is 1. The van der Waals surface area contributed by atoms with Crippen molar-refractivity contribution in [1.29, 1.82) is 0 Å². The van der Waals surface area contributed by atoms with Crippen LogP contribution in [0, 0.1) is 12.8 Å². The second-order valence-corrected chi connectivity index (χ2v) is 5.93. The van der Waals surface area contributed by atoms with Crippen LogP contribution >= 0.6 is 0 Å². The maximum atomic E-state index is 6.15. The van der Waals surface area contributed by atoms with E-state index in [9.17, 15) is 0 Å². The second kappa shape index (κ2) is 3.86. The Kier molecular flexibility index (Phi) is 2.28. The monoisotopic (exact) mass is 241 g/mol. The molecule has 0 aromatic carbocycles. The highest BCUT2D eigenvalue weighted by Gasteiger charge is 2.36. The summed E-state index contributed by atoms with van der Waals surface area (Å²) < 4.78 is 6.15. The fourth-order valence-corrected chi connectivity index (χ4v) is 3.69. The Labute approximate surface area is 108 Å². The lowest BCUT2D eigenvalue weighted by Crippen LogP contribution is -2.46. The van der Waals surface area contributed by atoms with Crippen LogP contribution in [0.3, 0.4) is 0 Å². The Morgan fingerprint density at radius 2 is 2.00 bits per heavy atom. The van der Waals surface area contributed by atoms with Crippen molar-refractivity contribution >= 4 is 0 Å². The topological polar surface area (TPSA) is 16.4 Å². The van der Waals surface area contributed by atoms with Gasteiger partial charge in [0.05, 0.1) is 0 Å².